The average molecular weight is 375 g/mol. The quantitative estimate of drug-likeness (QED) is 0.751. The van der Waals surface area contributed by atoms with Gasteiger partial charge in [0.2, 0.25) is 0 Å². The molecule has 0 aromatic heterocycles. The van der Waals surface area contributed by atoms with E-state index in [4.69, 9.17) is 9.84 Å². The Kier molecular flexibility index (Phi) is 4.91. The number of aliphatic carboxylic acids is 1. The van der Waals surface area contributed by atoms with Gasteiger partial charge in [0.1, 0.15) is 0 Å². The topological polar surface area (TPSA) is 70.3 Å². The minimum Gasteiger partial charge on any atom is -0.478 e. The van der Waals surface area contributed by atoms with E-state index in [0.717, 1.165) is 28.3 Å². The summed E-state index contributed by atoms with van der Waals surface area (Å²) in [6, 6.07) is 12.0. The number of carboxylic acid groups (broad SMARTS) is 1. The number of carboxylic acids is 1. The van der Waals surface area contributed by atoms with E-state index in [9.17, 15) is 10.1 Å². The van der Waals surface area contributed by atoms with Crippen molar-refractivity contribution in [2.75, 3.05) is 6.61 Å². The standard InChI is InChI=1S/C24H25NO3/c1-15-10-21-20(23(2,3)14-28-24(21,4)5)12-18(15)19-11-16(7-9-22(26)27)6-8-17(19)13-25/h6-12H,14H2,1-5H3,(H,26,27)/b9-7+. The Morgan fingerprint density at radius 1 is 1.14 bits per heavy atom. The lowest BCUT2D eigenvalue weighted by atomic mass is 9.73. The smallest absolute Gasteiger partial charge is 0.328 e. The first-order chi connectivity index (χ1) is 13.0. The molecule has 0 fully saturated rings. The molecule has 0 unspecified atom stereocenters. The second kappa shape index (κ2) is 6.92. The Morgan fingerprint density at radius 2 is 1.86 bits per heavy atom. The maximum atomic E-state index is 10.8. The molecule has 1 aliphatic heterocycles. The second-order valence-electron chi connectivity index (χ2n) is 8.48. The van der Waals surface area contributed by atoms with E-state index in [2.05, 4.69) is 45.9 Å². The molecule has 1 aliphatic rings. The maximum absolute atomic E-state index is 10.8. The molecule has 0 amide bonds. The number of nitrogens with zero attached hydrogens (tertiary/aromatic N) is 1. The zero-order valence-corrected chi connectivity index (χ0v) is 17.0. The molecule has 4 heteroatoms. The van der Waals surface area contributed by atoms with E-state index < -0.39 is 5.97 Å². The van der Waals surface area contributed by atoms with Gasteiger partial charge in [-0.1, -0.05) is 26.0 Å². The van der Waals surface area contributed by atoms with Crippen LogP contribution in [0.1, 0.15) is 55.5 Å². The first-order valence-corrected chi connectivity index (χ1v) is 9.30. The van der Waals surface area contributed by atoms with Crippen molar-refractivity contribution in [3.63, 3.8) is 0 Å². The summed E-state index contributed by atoms with van der Waals surface area (Å²) in [4.78, 5) is 10.8. The number of carbonyl (C=O) groups is 1. The zero-order chi connectivity index (χ0) is 20.7. The summed E-state index contributed by atoms with van der Waals surface area (Å²) in [5, 5.41) is 18.5. The fraction of sp³-hybridized carbons (Fsp3) is 0.333. The van der Waals surface area contributed by atoms with Crippen molar-refractivity contribution in [3.8, 4) is 17.2 Å². The number of nitriles is 1. The summed E-state index contributed by atoms with van der Waals surface area (Å²) in [6.45, 7) is 11.2. The Morgan fingerprint density at radius 3 is 2.50 bits per heavy atom. The number of fused-ring (bicyclic) bond motifs is 1. The van der Waals surface area contributed by atoms with Gasteiger partial charge in [0.25, 0.3) is 0 Å². The minimum atomic E-state index is -1.00. The second-order valence-corrected chi connectivity index (χ2v) is 8.48. The van der Waals surface area contributed by atoms with Crippen LogP contribution in [0.3, 0.4) is 0 Å². The Bertz CT molecular complexity index is 1020. The van der Waals surface area contributed by atoms with Crippen LogP contribution < -0.4 is 0 Å². The normalized spacial score (nSPS) is 17.1. The van der Waals surface area contributed by atoms with Crippen LogP contribution in [0, 0.1) is 18.3 Å². The van der Waals surface area contributed by atoms with Crippen LogP contribution >= 0.6 is 0 Å². The van der Waals surface area contributed by atoms with Gasteiger partial charge in [0.05, 0.1) is 23.8 Å². The monoisotopic (exact) mass is 375 g/mol. The predicted octanol–water partition coefficient (Wildman–Crippen LogP) is 5.17. The molecule has 2 aromatic rings. The molecule has 0 aliphatic carbocycles. The first-order valence-electron chi connectivity index (χ1n) is 9.30. The van der Waals surface area contributed by atoms with Crippen LogP contribution in [0.5, 0.6) is 0 Å². The summed E-state index contributed by atoms with van der Waals surface area (Å²) < 4.78 is 6.11. The average Bonchev–Trinajstić information content (AvgIpc) is 2.63. The molecular weight excluding hydrogens is 350 g/mol. The van der Waals surface area contributed by atoms with Crippen LogP contribution in [0.2, 0.25) is 0 Å². The SMILES string of the molecule is Cc1cc2c(cc1-c1cc(/C=C/C(=O)O)ccc1C#N)C(C)(C)COC2(C)C. The van der Waals surface area contributed by atoms with Crippen LogP contribution in [0.25, 0.3) is 17.2 Å². The molecule has 144 valence electrons. The summed E-state index contributed by atoms with van der Waals surface area (Å²) in [5.41, 5.74) is 6.08. The molecule has 1 heterocycles. The van der Waals surface area contributed by atoms with Crippen molar-refractivity contribution in [3.05, 3.63) is 64.2 Å². The molecule has 3 rings (SSSR count). The third-order valence-corrected chi connectivity index (χ3v) is 5.41. The molecule has 28 heavy (non-hydrogen) atoms. The fourth-order valence-corrected chi connectivity index (χ4v) is 3.73. The highest BCUT2D eigenvalue weighted by molar-refractivity contribution is 5.86. The highest BCUT2D eigenvalue weighted by Gasteiger charge is 2.38. The molecule has 1 N–H and O–H groups in total. The van der Waals surface area contributed by atoms with E-state index in [1.165, 1.54) is 11.1 Å². The van der Waals surface area contributed by atoms with Crippen molar-refractivity contribution in [2.24, 2.45) is 0 Å². The number of rotatable bonds is 3. The van der Waals surface area contributed by atoms with Gasteiger partial charge in [-0.2, -0.15) is 5.26 Å². The third-order valence-electron chi connectivity index (χ3n) is 5.41. The van der Waals surface area contributed by atoms with Crippen LogP contribution in [-0.4, -0.2) is 17.7 Å². The lowest BCUT2D eigenvalue weighted by Gasteiger charge is -2.42. The van der Waals surface area contributed by atoms with Crippen molar-refractivity contribution < 1.29 is 14.6 Å². The van der Waals surface area contributed by atoms with Crippen molar-refractivity contribution >= 4 is 12.0 Å². The molecule has 0 spiro atoms. The molecule has 0 bridgehead atoms. The van der Waals surface area contributed by atoms with Crippen molar-refractivity contribution in [1.82, 2.24) is 0 Å². The number of hydrogen-bond donors (Lipinski definition) is 1. The molecule has 4 nitrogen and oxygen atoms in total. The lowest BCUT2D eigenvalue weighted by molar-refractivity contribution is -0.131. The van der Waals surface area contributed by atoms with Crippen LogP contribution in [-0.2, 0) is 20.5 Å². The maximum Gasteiger partial charge on any atom is 0.328 e. The summed E-state index contributed by atoms with van der Waals surface area (Å²) >= 11 is 0. The Hall–Kier alpha value is -2.90. The molecule has 2 aromatic carbocycles. The first kappa shape index (κ1) is 19.9. The van der Waals surface area contributed by atoms with E-state index in [1.807, 2.05) is 13.0 Å². The van der Waals surface area contributed by atoms with Gasteiger partial charge in [-0.25, -0.2) is 4.79 Å². The molecule has 0 atom stereocenters. The Balaban J connectivity index is 2.24. The molecular formula is C24H25NO3. The van der Waals surface area contributed by atoms with Gasteiger partial charge >= 0.3 is 5.97 Å². The van der Waals surface area contributed by atoms with Gasteiger partial charge in [-0.05, 0) is 72.9 Å². The zero-order valence-electron chi connectivity index (χ0n) is 17.0. The summed E-state index contributed by atoms with van der Waals surface area (Å²) in [7, 11) is 0. The fourth-order valence-electron chi connectivity index (χ4n) is 3.73. The van der Waals surface area contributed by atoms with Gasteiger partial charge in [0.15, 0.2) is 0 Å². The minimum absolute atomic E-state index is 0.138. The van der Waals surface area contributed by atoms with Crippen molar-refractivity contribution in [2.45, 2.75) is 45.6 Å². The van der Waals surface area contributed by atoms with Gasteiger partial charge in [-0.15, -0.1) is 0 Å². The molecule has 0 saturated carbocycles. The van der Waals surface area contributed by atoms with E-state index >= 15 is 0 Å². The number of aryl methyl sites for hydroxylation is 1. The van der Waals surface area contributed by atoms with Crippen molar-refractivity contribution in [1.29, 1.82) is 5.26 Å². The largest absolute Gasteiger partial charge is 0.478 e. The predicted molar refractivity (Wildman–Crippen MR) is 110 cm³/mol. The molecule has 0 radical (unpaired) electrons. The summed E-state index contributed by atoms with van der Waals surface area (Å²) in [5.74, 6) is -1.00. The summed E-state index contributed by atoms with van der Waals surface area (Å²) in [6.07, 6.45) is 2.65. The van der Waals surface area contributed by atoms with E-state index in [-0.39, 0.29) is 11.0 Å². The molecule has 0 saturated heterocycles. The van der Waals surface area contributed by atoms with Crippen LogP contribution in [0.4, 0.5) is 0 Å². The van der Waals surface area contributed by atoms with Gasteiger partial charge in [0, 0.05) is 17.1 Å². The van der Waals surface area contributed by atoms with Gasteiger partial charge < -0.3 is 9.84 Å². The highest BCUT2D eigenvalue weighted by Crippen LogP contribution is 2.44. The number of ether oxygens (including phenoxy) is 1. The number of hydrogen-bond acceptors (Lipinski definition) is 3. The number of benzene rings is 2. The lowest BCUT2D eigenvalue weighted by Crippen LogP contribution is -2.40. The van der Waals surface area contributed by atoms with E-state index in [0.29, 0.717) is 12.2 Å². The van der Waals surface area contributed by atoms with Crippen LogP contribution in [0.15, 0.2) is 36.4 Å². The van der Waals surface area contributed by atoms with E-state index in [1.54, 1.807) is 18.2 Å². The highest BCUT2D eigenvalue weighted by atomic mass is 16.5. The Labute approximate surface area is 166 Å². The van der Waals surface area contributed by atoms with Gasteiger partial charge in [-0.3, -0.25) is 0 Å². The third kappa shape index (κ3) is 3.58.